The number of benzene rings is 2. The van der Waals surface area contributed by atoms with Crippen molar-refractivity contribution in [2.75, 3.05) is 27.7 Å². The van der Waals surface area contributed by atoms with E-state index in [1.807, 2.05) is 19.0 Å². The van der Waals surface area contributed by atoms with Gasteiger partial charge in [-0.25, -0.2) is 4.39 Å². The fraction of sp³-hybridized carbons (Fsp3) is 0.286. The number of rotatable bonds is 7. The van der Waals surface area contributed by atoms with Gasteiger partial charge in [0.25, 0.3) is 5.91 Å². The zero-order valence-corrected chi connectivity index (χ0v) is 15.7. The third-order valence-electron chi connectivity index (χ3n) is 4.46. The van der Waals surface area contributed by atoms with Gasteiger partial charge in [0.2, 0.25) is 0 Å². The van der Waals surface area contributed by atoms with Crippen molar-refractivity contribution >= 4 is 16.9 Å². The monoisotopic (exact) mass is 370 g/mol. The van der Waals surface area contributed by atoms with Crippen LogP contribution < -0.4 is 10.1 Å². The first-order valence-electron chi connectivity index (χ1n) is 8.74. The number of amides is 1. The minimum Gasteiger partial charge on any atom is -0.496 e. The fourth-order valence-corrected chi connectivity index (χ4v) is 2.98. The molecule has 0 aliphatic rings. The topological polar surface area (TPSA) is 54.7 Å². The number of hydrogen-bond donors (Lipinski definition) is 1. The highest BCUT2D eigenvalue weighted by atomic mass is 19.1. The molecule has 1 unspecified atom stereocenters. The molecule has 3 aromatic rings. The van der Waals surface area contributed by atoms with Crippen LogP contribution in [0.2, 0.25) is 0 Å². The quantitative estimate of drug-likeness (QED) is 0.683. The molecule has 0 bridgehead atoms. The van der Waals surface area contributed by atoms with Crippen LogP contribution >= 0.6 is 0 Å². The molecule has 6 heteroatoms. The average Bonchev–Trinajstić information content (AvgIpc) is 3.13. The number of carbonyl (C=O) groups excluding carboxylic acids is 1. The van der Waals surface area contributed by atoms with Crippen molar-refractivity contribution in [3.8, 4) is 5.75 Å². The van der Waals surface area contributed by atoms with E-state index in [2.05, 4.69) is 5.32 Å². The molecular formula is C21H23FN2O3. The number of nitrogens with one attached hydrogen (secondary N) is 1. The lowest BCUT2D eigenvalue weighted by Crippen LogP contribution is -2.31. The second-order valence-electron chi connectivity index (χ2n) is 6.68. The lowest BCUT2D eigenvalue weighted by atomic mass is 10.0. The molecule has 0 saturated heterocycles. The van der Waals surface area contributed by atoms with Crippen molar-refractivity contribution in [2.45, 2.75) is 12.5 Å². The number of nitrogens with zero attached hydrogens (tertiary/aromatic N) is 1. The summed E-state index contributed by atoms with van der Waals surface area (Å²) in [4.78, 5) is 14.9. The molecule has 0 spiro atoms. The summed E-state index contributed by atoms with van der Waals surface area (Å²) in [5.41, 5.74) is 1.90. The van der Waals surface area contributed by atoms with E-state index in [0.29, 0.717) is 23.3 Å². The number of furan rings is 1. The molecule has 0 saturated carbocycles. The van der Waals surface area contributed by atoms with E-state index in [1.54, 1.807) is 43.7 Å². The van der Waals surface area contributed by atoms with Gasteiger partial charge in [0, 0.05) is 5.56 Å². The third kappa shape index (κ3) is 4.46. The molecule has 1 amide bonds. The van der Waals surface area contributed by atoms with E-state index in [1.165, 1.54) is 12.1 Å². The lowest BCUT2D eigenvalue weighted by Gasteiger charge is -2.21. The zero-order valence-electron chi connectivity index (χ0n) is 15.7. The fourth-order valence-electron chi connectivity index (χ4n) is 2.98. The minimum atomic E-state index is -0.301. The SMILES string of the molecule is COc1cc(C(=O)NC(CCN(C)C)c2ccc(F)cc2)cc2occc12. The summed E-state index contributed by atoms with van der Waals surface area (Å²) in [7, 11) is 5.50. The van der Waals surface area contributed by atoms with E-state index in [4.69, 9.17) is 9.15 Å². The van der Waals surface area contributed by atoms with Gasteiger partial charge in [0.05, 0.1) is 24.8 Å². The maximum absolute atomic E-state index is 13.3. The molecule has 0 aliphatic heterocycles. The predicted octanol–water partition coefficient (Wildman–Crippen LogP) is 4.00. The Kier molecular flexibility index (Phi) is 5.76. The first-order valence-corrected chi connectivity index (χ1v) is 8.74. The van der Waals surface area contributed by atoms with Crippen molar-refractivity contribution in [3.05, 3.63) is 65.7 Å². The number of halogens is 1. The van der Waals surface area contributed by atoms with Gasteiger partial charge >= 0.3 is 0 Å². The first-order chi connectivity index (χ1) is 13.0. The Balaban J connectivity index is 1.86. The van der Waals surface area contributed by atoms with Crippen molar-refractivity contribution < 1.29 is 18.3 Å². The molecule has 1 heterocycles. The standard InChI is InChI=1S/C21H23FN2O3/c1-24(2)10-8-18(14-4-6-16(22)7-5-14)23-21(25)15-12-19(26-3)17-9-11-27-20(17)13-15/h4-7,9,11-13,18H,8,10H2,1-3H3,(H,23,25). The lowest BCUT2D eigenvalue weighted by molar-refractivity contribution is 0.0932. The molecule has 1 atom stereocenters. The summed E-state index contributed by atoms with van der Waals surface area (Å²) < 4.78 is 24.1. The van der Waals surface area contributed by atoms with Gasteiger partial charge in [-0.1, -0.05) is 12.1 Å². The molecule has 0 radical (unpaired) electrons. The van der Waals surface area contributed by atoms with Gasteiger partial charge in [-0.2, -0.15) is 0 Å². The van der Waals surface area contributed by atoms with E-state index < -0.39 is 0 Å². The molecule has 0 fully saturated rings. The Labute approximate surface area is 157 Å². The summed E-state index contributed by atoms with van der Waals surface area (Å²) in [6, 6.07) is 11.2. The number of ether oxygens (including phenoxy) is 1. The van der Waals surface area contributed by atoms with Crippen molar-refractivity contribution in [1.29, 1.82) is 0 Å². The van der Waals surface area contributed by atoms with E-state index in [9.17, 15) is 9.18 Å². The zero-order chi connectivity index (χ0) is 19.4. The normalized spacial score (nSPS) is 12.3. The summed E-state index contributed by atoms with van der Waals surface area (Å²) in [6.45, 7) is 0.781. The van der Waals surface area contributed by atoms with Crippen LogP contribution in [0.15, 0.2) is 53.1 Å². The second kappa shape index (κ2) is 8.22. The maximum Gasteiger partial charge on any atom is 0.252 e. The molecule has 2 aromatic carbocycles. The van der Waals surface area contributed by atoms with Crippen LogP contribution in [0, 0.1) is 5.82 Å². The molecular weight excluding hydrogens is 347 g/mol. The molecule has 1 aromatic heterocycles. The van der Waals surface area contributed by atoms with Crippen molar-refractivity contribution in [1.82, 2.24) is 10.2 Å². The predicted molar refractivity (Wildman–Crippen MR) is 103 cm³/mol. The smallest absolute Gasteiger partial charge is 0.252 e. The van der Waals surface area contributed by atoms with Crippen LogP contribution in [-0.4, -0.2) is 38.6 Å². The van der Waals surface area contributed by atoms with Crippen molar-refractivity contribution in [2.24, 2.45) is 0 Å². The molecule has 5 nitrogen and oxygen atoms in total. The summed E-state index contributed by atoms with van der Waals surface area (Å²) in [5.74, 6) is 0.0437. The highest BCUT2D eigenvalue weighted by Gasteiger charge is 2.18. The van der Waals surface area contributed by atoms with Gasteiger partial charge in [0.1, 0.15) is 17.1 Å². The molecule has 142 valence electrons. The highest BCUT2D eigenvalue weighted by Crippen LogP contribution is 2.29. The number of fused-ring (bicyclic) bond motifs is 1. The summed E-state index contributed by atoms with van der Waals surface area (Å²) in [6.07, 6.45) is 2.26. The molecule has 27 heavy (non-hydrogen) atoms. The largest absolute Gasteiger partial charge is 0.496 e. The Morgan fingerprint density at radius 2 is 1.96 bits per heavy atom. The Hall–Kier alpha value is -2.86. The Morgan fingerprint density at radius 3 is 2.63 bits per heavy atom. The molecule has 3 rings (SSSR count). The first kappa shape index (κ1) is 18.9. The van der Waals surface area contributed by atoms with Gasteiger partial charge in [0.15, 0.2) is 0 Å². The van der Waals surface area contributed by atoms with Crippen molar-refractivity contribution in [3.63, 3.8) is 0 Å². The van der Waals surface area contributed by atoms with Crippen LogP contribution in [0.1, 0.15) is 28.4 Å². The van der Waals surface area contributed by atoms with Crippen LogP contribution in [0.4, 0.5) is 4.39 Å². The number of hydrogen-bond acceptors (Lipinski definition) is 4. The van der Waals surface area contributed by atoms with Gasteiger partial charge in [-0.15, -0.1) is 0 Å². The molecule has 1 N–H and O–H groups in total. The summed E-state index contributed by atoms with van der Waals surface area (Å²) >= 11 is 0. The van der Waals surface area contributed by atoms with E-state index in [-0.39, 0.29) is 17.8 Å². The highest BCUT2D eigenvalue weighted by molar-refractivity contribution is 5.99. The second-order valence-corrected chi connectivity index (χ2v) is 6.68. The van der Waals surface area contributed by atoms with Crippen LogP contribution in [0.5, 0.6) is 5.75 Å². The Morgan fingerprint density at radius 1 is 1.22 bits per heavy atom. The van der Waals surface area contributed by atoms with E-state index in [0.717, 1.165) is 17.5 Å². The number of carbonyl (C=O) groups is 1. The van der Waals surface area contributed by atoms with Crippen LogP contribution in [0.25, 0.3) is 11.0 Å². The van der Waals surface area contributed by atoms with Crippen LogP contribution in [0.3, 0.4) is 0 Å². The average molecular weight is 370 g/mol. The Bertz CT molecular complexity index is 919. The molecule has 0 aliphatic carbocycles. The minimum absolute atomic E-state index is 0.236. The van der Waals surface area contributed by atoms with Gasteiger partial charge in [-0.05, 0) is 63.0 Å². The van der Waals surface area contributed by atoms with Gasteiger partial charge < -0.3 is 19.4 Å². The third-order valence-corrected chi connectivity index (χ3v) is 4.46. The van der Waals surface area contributed by atoms with Crippen LogP contribution in [-0.2, 0) is 0 Å². The number of methoxy groups -OCH3 is 1. The van der Waals surface area contributed by atoms with E-state index >= 15 is 0 Å². The maximum atomic E-state index is 13.3. The summed E-state index contributed by atoms with van der Waals surface area (Å²) in [5, 5.41) is 3.86. The van der Waals surface area contributed by atoms with Gasteiger partial charge in [-0.3, -0.25) is 4.79 Å².